The van der Waals surface area contributed by atoms with Crippen LogP contribution in [0.3, 0.4) is 0 Å². The van der Waals surface area contributed by atoms with Crippen LogP contribution in [0.2, 0.25) is 0 Å². The number of nitrogens with zero attached hydrogens (tertiary/aromatic N) is 3. The number of benzene rings is 4. The van der Waals surface area contributed by atoms with Gasteiger partial charge in [-0.3, -0.25) is 0 Å². The van der Waals surface area contributed by atoms with Crippen LogP contribution in [0.5, 0.6) is 0 Å². The van der Waals surface area contributed by atoms with Crippen molar-refractivity contribution in [2.45, 2.75) is 0 Å². The van der Waals surface area contributed by atoms with Crippen molar-refractivity contribution in [3.8, 4) is 22.9 Å². The number of nitriles is 1. The highest BCUT2D eigenvalue weighted by atomic mass is 16.3. The maximum Gasteiger partial charge on any atom is 0.160 e. The van der Waals surface area contributed by atoms with Crippen molar-refractivity contribution in [3.63, 3.8) is 0 Å². The van der Waals surface area contributed by atoms with Gasteiger partial charge in [-0.15, -0.1) is 0 Å². The molecular formula is C30H17N3O. The molecule has 3 heterocycles. The third-order valence-corrected chi connectivity index (χ3v) is 6.51. The van der Waals surface area contributed by atoms with Gasteiger partial charge in [0.2, 0.25) is 0 Å². The summed E-state index contributed by atoms with van der Waals surface area (Å²) in [5.74, 6) is 0. The summed E-state index contributed by atoms with van der Waals surface area (Å²) in [6.45, 7) is 0. The SMILES string of the molecule is N#Cc1ncccc1-c1cccc(-n2c3ccccc3c3ccc4c5ccccc5oc4c32)c1. The third-order valence-electron chi connectivity index (χ3n) is 6.51. The van der Waals surface area contributed by atoms with Crippen molar-refractivity contribution in [2.75, 3.05) is 0 Å². The van der Waals surface area contributed by atoms with Crippen LogP contribution < -0.4 is 0 Å². The maximum atomic E-state index is 9.57. The minimum Gasteiger partial charge on any atom is -0.454 e. The smallest absolute Gasteiger partial charge is 0.160 e. The molecule has 0 aliphatic rings. The summed E-state index contributed by atoms with van der Waals surface area (Å²) < 4.78 is 8.70. The van der Waals surface area contributed by atoms with E-state index in [4.69, 9.17) is 4.42 Å². The van der Waals surface area contributed by atoms with Crippen molar-refractivity contribution in [3.05, 3.63) is 109 Å². The van der Waals surface area contributed by atoms with Gasteiger partial charge in [0.25, 0.3) is 0 Å². The molecule has 158 valence electrons. The molecule has 0 saturated heterocycles. The van der Waals surface area contributed by atoms with Crippen molar-refractivity contribution in [1.82, 2.24) is 9.55 Å². The number of furan rings is 1. The van der Waals surface area contributed by atoms with E-state index < -0.39 is 0 Å². The second-order valence-corrected chi connectivity index (χ2v) is 8.35. The Labute approximate surface area is 194 Å². The number of pyridine rings is 1. The van der Waals surface area contributed by atoms with E-state index in [1.165, 1.54) is 5.39 Å². The first-order valence-electron chi connectivity index (χ1n) is 11.1. The second-order valence-electron chi connectivity index (χ2n) is 8.35. The normalized spacial score (nSPS) is 11.5. The van der Waals surface area contributed by atoms with Crippen LogP contribution in [0.1, 0.15) is 5.69 Å². The van der Waals surface area contributed by atoms with Crippen molar-refractivity contribution in [2.24, 2.45) is 0 Å². The van der Waals surface area contributed by atoms with E-state index in [0.717, 1.165) is 55.2 Å². The second kappa shape index (κ2) is 7.06. The maximum absolute atomic E-state index is 9.57. The van der Waals surface area contributed by atoms with E-state index in [2.05, 4.69) is 70.2 Å². The summed E-state index contributed by atoms with van der Waals surface area (Å²) in [5, 5.41) is 14.1. The largest absolute Gasteiger partial charge is 0.454 e. The molecule has 0 amide bonds. The Morgan fingerprint density at radius 1 is 0.735 bits per heavy atom. The van der Waals surface area contributed by atoms with Crippen molar-refractivity contribution >= 4 is 43.7 Å². The Hall–Kier alpha value is -4.88. The quantitative estimate of drug-likeness (QED) is 0.281. The highest BCUT2D eigenvalue weighted by Gasteiger charge is 2.19. The molecule has 34 heavy (non-hydrogen) atoms. The summed E-state index contributed by atoms with van der Waals surface area (Å²) in [5.41, 5.74) is 7.09. The Bertz CT molecular complexity index is 1930. The molecule has 0 radical (unpaired) electrons. The summed E-state index contributed by atoms with van der Waals surface area (Å²) in [4.78, 5) is 4.25. The van der Waals surface area contributed by atoms with Crippen molar-refractivity contribution < 1.29 is 4.42 Å². The predicted molar refractivity (Wildman–Crippen MR) is 136 cm³/mol. The lowest BCUT2D eigenvalue weighted by molar-refractivity contribution is 0.671. The van der Waals surface area contributed by atoms with Crippen LogP contribution in [-0.2, 0) is 0 Å². The Morgan fingerprint density at radius 2 is 1.56 bits per heavy atom. The minimum absolute atomic E-state index is 0.418. The summed E-state index contributed by atoms with van der Waals surface area (Å²) in [7, 11) is 0. The number of aromatic nitrogens is 2. The Morgan fingerprint density at radius 3 is 2.47 bits per heavy atom. The molecule has 7 rings (SSSR count). The molecule has 0 spiro atoms. The van der Waals surface area contributed by atoms with Crippen LogP contribution in [-0.4, -0.2) is 9.55 Å². The number of hydrogen-bond acceptors (Lipinski definition) is 3. The first-order chi connectivity index (χ1) is 16.8. The fourth-order valence-corrected chi connectivity index (χ4v) is 5.04. The zero-order valence-corrected chi connectivity index (χ0v) is 18.1. The molecule has 7 aromatic rings. The van der Waals surface area contributed by atoms with Gasteiger partial charge in [-0.1, -0.05) is 54.6 Å². The predicted octanol–water partition coefficient (Wildman–Crippen LogP) is 7.62. The molecule has 3 aromatic heterocycles. The van der Waals surface area contributed by atoms with Gasteiger partial charge in [0.15, 0.2) is 5.58 Å². The number of para-hydroxylation sites is 2. The molecule has 0 unspecified atom stereocenters. The van der Waals surface area contributed by atoms with Gasteiger partial charge in [0.05, 0.1) is 11.0 Å². The van der Waals surface area contributed by atoms with E-state index in [0.29, 0.717) is 5.69 Å². The highest BCUT2D eigenvalue weighted by molar-refractivity contribution is 6.21. The van der Waals surface area contributed by atoms with E-state index in [9.17, 15) is 5.26 Å². The number of rotatable bonds is 2. The molecule has 0 fully saturated rings. The summed E-state index contributed by atoms with van der Waals surface area (Å²) in [6.07, 6.45) is 1.65. The van der Waals surface area contributed by atoms with Gasteiger partial charge >= 0.3 is 0 Å². The van der Waals surface area contributed by atoms with Crippen LogP contribution in [0, 0.1) is 11.3 Å². The van der Waals surface area contributed by atoms with Crippen LogP contribution >= 0.6 is 0 Å². The molecule has 0 aliphatic heterocycles. The molecule has 0 bridgehead atoms. The van der Waals surface area contributed by atoms with E-state index in [1.54, 1.807) is 6.20 Å². The van der Waals surface area contributed by atoms with Gasteiger partial charge in [0.1, 0.15) is 17.3 Å². The van der Waals surface area contributed by atoms with Gasteiger partial charge in [0, 0.05) is 39.0 Å². The molecule has 0 saturated carbocycles. The average molecular weight is 435 g/mol. The zero-order chi connectivity index (χ0) is 22.6. The first kappa shape index (κ1) is 18.7. The van der Waals surface area contributed by atoms with Crippen LogP contribution in [0.25, 0.3) is 60.6 Å². The average Bonchev–Trinajstić information content (AvgIpc) is 3.45. The molecule has 4 nitrogen and oxygen atoms in total. The summed E-state index contributed by atoms with van der Waals surface area (Å²) in [6, 6.07) is 35.2. The molecule has 4 aromatic carbocycles. The number of fused-ring (bicyclic) bond motifs is 7. The van der Waals surface area contributed by atoms with Gasteiger partial charge in [-0.2, -0.15) is 5.26 Å². The lowest BCUT2D eigenvalue weighted by Gasteiger charge is -2.11. The monoisotopic (exact) mass is 435 g/mol. The van der Waals surface area contributed by atoms with Crippen LogP contribution in [0.15, 0.2) is 108 Å². The first-order valence-corrected chi connectivity index (χ1v) is 11.1. The van der Waals surface area contributed by atoms with E-state index >= 15 is 0 Å². The van der Waals surface area contributed by atoms with E-state index in [1.807, 2.05) is 42.5 Å². The van der Waals surface area contributed by atoms with Crippen molar-refractivity contribution in [1.29, 1.82) is 5.26 Å². The van der Waals surface area contributed by atoms with Gasteiger partial charge < -0.3 is 8.98 Å². The standard InChI is InChI=1S/C30H17N3O/c31-18-26-21(11-6-16-32-26)19-7-5-8-20(17-19)33-27-12-3-1-9-22(27)24-14-15-25-23-10-2-4-13-28(23)34-30(25)29(24)33/h1-17H. The minimum atomic E-state index is 0.418. The van der Waals surface area contributed by atoms with Crippen LogP contribution in [0.4, 0.5) is 0 Å². The lowest BCUT2D eigenvalue weighted by Crippen LogP contribution is -1.95. The van der Waals surface area contributed by atoms with Gasteiger partial charge in [-0.05, 0) is 48.0 Å². The fourth-order valence-electron chi connectivity index (χ4n) is 5.04. The lowest BCUT2D eigenvalue weighted by atomic mass is 10.0. The Balaban J connectivity index is 1.61. The molecule has 4 heteroatoms. The highest BCUT2D eigenvalue weighted by Crippen LogP contribution is 2.40. The molecule has 0 atom stereocenters. The van der Waals surface area contributed by atoms with E-state index in [-0.39, 0.29) is 0 Å². The topological polar surface area (TPSA) is 54.8 Å². The molecule has 0 N–H and O–H groups in total. The zero-order valence-electron chi connectivity index (χ0n) is 18.1. The summed E-state index contributed by atoms with van der Waals surface area (Å²) >= 11 is 0. The number of hydrogen-bond donors (Lipinski definition) is 0. The van der Waals surface area contributed by atoms with Gasteiger partial charge in [-0.25, -0.2) is 4.98 Å². The fraction of sp³-hybridized carbons (Fsp3) is 0. The third kappa shape index (κ3) is 2.55. The Kier molecular flexibility index (Phi) is 3.88. The molecular weight excluding hydrogens is 418 g/mol. The molecule has 0 aliphatic carbocycles.